The summed E-state index contributed by atoms with van der Waals surface area (Å²) in [4.78, 5) is 44.7. The van der Waals surface area contributed by atoms with Gasteiger partial charge in [0.2, 0.25) is 5.78 Å². The highest BCUT2D eigenvalue weighted by molar-refractivity contribution is 7.15. The van der Waals surface area contributed by atoms with Gasteiger partial charge in [-0.3, -0.25) is 14.0 Å². The molecule has 0 aromatic carbocycles. The van der Waals surface area contributed by atoms with Gasteiger partial charge in [-0.15, -0.1) is 11.3 Å². The number of thiazole rings is 1. The molecule has 0 saturated carbocycles. The fraction of sp³-hybridized carbons (Fsp3) is 0.333. The number of methoxy groups -OCH3 is 1. The second-order valence-corrected chi connectivity index (χ2v) is 6.99. The normalized spacial score (nSPS) is 12.1. The van der Waals surface area contributed by atoms with E-state index in [-0.39, 0.29) is 12.1 Å². The molecule has 3 heterocycles. The number of rotatable bonds is 6. The van der Waals surface area contributed by atoms with Crippen LogP contribution in [0.25, 0.3) is 4.96 Å². The molecule has 0 fully saturated rings. The Bertz CT molecular complexity index is 1000. The van der Waals surface area contributed by atoms with Gasteiger partial charge in [0, 0.05) is 23.5 Å². The highest BCUT2D eigenvalue weighted by Crippen LogP contribution is 2.21. The molecule has 1 N–H and O–H groups in total. The first kappa shape index (κ1) is 18.8. The van der Waals surface area contributed by atoms with Crippen molar-refractivity contribution in [1.29, 1.82) is 0 Å². The van der Waals surface area contributed by atoms with E-state index in [9.17, 15) is 14.4 Å². The highest BCUT2D eigenvalue weighted by atomic mass is 32.1. The van der Waals surface area contributed by atoms with Crippen LogP contribution in [-0.2, 0) is 20.7 Å². The van der Waals surface area contributed by atoms with Crippen LogP contribution < -0.4 is 0 Å². The van der Waals surface area contributed by atoms with Crippen LogP contribution in [-0.4, -0.2) is 45.3 Å². The maximum atomic E-state index is 12.7. The molecule has 142 valence electrons. The van der Waals surface area contributed by atoms with Crippen LogP contribution in [0.15, 0.2) is 17.8 Å². The third-order valence-electron chi connectivity index (χ3n) is 4.22. The van der Waals surface area contributed by atoms with Gasteiger partial charge in [-0.2, -0.15) is 0 Å². The largest absolute Gasteiger partial charge is 0.465 e. The summed E-state index contributed by atoms with van der Waals surface area (Å²) in [6, 6.07) is 0. The molecule has 0 saturated heterocycles. The van der Waals surface area contributed by atoms with E-state index in [0.717, 1.165) is 4.96 Å². The van der Waals surface area contributed by atoms with Crippen molar-refractivity contribution in [1.82, 2.24) is 14.4 Å². The smallest absolute Gasteiger partial charge is 0.339 e. The number of hydrogen-bond donors (Lipinski definition) is 1. The molecule has 9 heteroatoms. The van der Waals surface area contributed by atoms with Crippen LogP contribution >= 0.6 is 11.3 Å². The molecule has 1 atom stereocenters. The topological polar surface area (TPSA) is 103 Å². The number of aromatic amines is 1. The van der Waals surface area contributed by atoms with Gasteiger partial charge in [-0.25, -0.2) is 9.78 Å². The zero-order valence-corrected chi connectivity index (χ0v) is 16.2. The van der Waals surface area contributed by atoms with Gasteiger partial charge in [-0.05, 0) is 26.3 Å². The Morgan fingerprint density at radius 2 is 2.07 bits per heavy atom. The number of imidazole rings is 1. The van der Waals surface area contributed by atoms with Crippen LogP contribution in [0, 0.1) is 13.8 Å². The van der Waals surface area contributed by atoms with E-state index in [0.29, 0.717) is 22.5 Å². The van der Waals surface area contributed by atoms with Crippen LogP contribution in [0.3, 0.4) is 0 Å². The number of carbonyl (C=O) groups excluding carboxylic acids is 3. The minimum absolute atomic E-state index is 0.0256. The summed E-state index contributed by atoms with van der Waals surface area (Å²) in [5.41, 5.74) is 2.13. The quantitative estimate of drug-likeness (QED) is 0.513. The molecule has 0 aliphatic heterocycles. The Morgan fingerprint density at radius 1 is 1.33 bits per heavy atom. The molecule has 0 aliphatic rings. The molecule has 8 nitrogen and oxygen atoms in total. The summed E-state index contributed by atoms with van der Waals surface area (Å²) in [7, 11) is 1.28. The van der Waals surface area contributed by atoms with Crippen molar-refractivity contribution >= 4 is 34.0 Å². The van der Waals surface area contributed by atoms with Crippen LogP contribution in [0.5, 0.6) is 0 Å². The van der Waals surface area contributed by atoms with E-state index in [1.54, 1.807) is 20.0 Å². The first-order valence-corrected chi connectivity index (χ1v) is 9.12. The number of Topliss-reactive ketones (excluding diaryl/α,β-unsaturated/α-hetero) is 1. The predicted octanol–water partition coefficient (Wildman–Crippen LogP) is 2.48. The van der Waals surface area contributed by atoms with E-state index < -0.39 is 23.8 Å². The standard InChI is InChI=1S/C18H19N3O5S/c1-9-14(17(24)25-4)10(2)19-15(9)16(23)11(3)26-13(22)7-12-8-21-5-6-27-18(21)20-12/h5-6,8,11,19H,7H2,1-4H3. The number of aryl methyl sites for hydroxylation is 1. The molecule has 3 aromatic heterocycles. The van der Waals surface area contributed by atoms with Crippen molar-refractivity contribution in [2.45, 2.75) is 33.3 Å². The lowest BCUT2D eigenvalue weighted by molar-refractivity contribution is -0.145. The first-order chi connectivity index (χ1) is 12.8. The van der Waals surface area contributed by atoms with E-state index in [4.69, 9.17) is 9.47 Å². The Morgan fingerprint density at radius 3 is 2.74 bits per heavy atom. The van der Waals surface area contributed by atoms with Crippen LogP contribution in [0.1, 0.15) is 44.7 Å². The van der Waals surface area contributed by atoms with E-state index in [2.05, 4.69) is 9.97 Å². The average Bonchev–Trinajstić information content (AvgIpc) is 3.27. The molecular formula is C18H19N3O5S. The second kappa shape index (κ2) is 7.36. The number of H-pyrrole nitrogens is 1. The second-order valence-electron chi connectivity index (χ2n) is 6.11. The summed E-state index contributed by atoms with van der Waals surface area (Å²) >= 11 is 1.46. The molecule has 3 aromatic rings. The molecule has 3 rings (SSSR count). The van der Waals surface area contributed by atoms with Crippen molar-refractivity contribution in [3.63, 3.8) is 0 Å². The third-order valence-corrected chi connectivity index (χ3v) is 4.99. The molecule has 0 spiro atoms. The lowest BCUT2D eigenvalue weighted by Gasteiger charge is -2.11. The molecule has 0 bridgehead atoms. The Hall–Kier alpha value is -2.94. The van der Waals surface area contributed by atoms with Crippen LogP contribution in [0.2, 0.25) is 0 Å². The first-order valence-electron chi connectivity index (χ1n) is 8.24. The van der Waals surface area contributed by atoms with Gasteiger partial charge in [0.1, 0.15) is 0 Å². The SMILES string of the molecule is COC(=O)c1c(C)[nH]c(C(=O)C(C)OC(=O)Cc2cn3ccsc3n2)c1C. The maximum Gasteiger partial charge on any atom is 0.339 e. The fourth-order valence-corrected chi connectivity index (χ4v) is 3.63. The number of ketones is 1. The summed E-state index contributed by atoms with van der Waals surface area (Å²) in [6.45, 7) is 4.83. The summed E-state index contributed by atoms with van der Waals surface area (Å²) in [5.74, 6) is -1.48. The Labute approximate surface area is 159 Å². The number of nitrogens with zero attached hydrogens (tertiary/aromatic N) is 2. The number of nitrogens with one attached hydrogen (secondary N) is 1. The van der Waals surface area contributed by atoms with E-state index in [1.807, 2.05) is 16.0 Å². The molecule has 0 radical (unpaired) electrons. The number of ether oxygens (including phenoxy) is 2. The number of hydrogen-bond acceptors (Lipinski definition) is 7. The van der Waals surface area contributed by atoms with Gasteiger partial charge in [0.25, 0.3) is 0 Å². The molecule has 0 amide bonds. The minimum atomic E-state index is -0.997. The molecule has 0 aliphatic carbocycles. The van der Waals surface area contributed by atoms with Crippen molar-refractivity contribution in [3.05, 3.63) is 46.0 Å². The predicted molar refractivity (Wildman–Crippen MR) is 98.3 cm³/mol. The van der Waals surface area contributed by atoms with Gasteiger partial charge in [0.15, 0.2) is 11.1 Å². The average molecular weight is 389 g/mol. The Kier molecular flexibility index (Phi) is 5.13. The van der Waals surface area contributed by atoms with Gasteiger partial charge >= 0.3 is 11.9 Å². The minimum Gasteiger partial charge on any atom is -0.465 e. The van der Waals surface area contributed by atoms with Crippen molar-refractivity contribution in [2.75, 3.05) is 7.11 Å². The zero-order chi connectivity index (χ0) is 19.7. The van der Waals surface area contributed by atoms with Crippen LogP contribution in [0.4, 0.5) is 0 Å². The summed E-state index contributed by atoms with van der Waals surface area (Å²) in [5, 5.41) is 1.90. The van der Waals surface area contributed by atoms with Crippen molar-refractivity contribution in [3.8, 4) is 0 Å². The Balaban J connectivity index is 1.69. The van der Waals surface area contributed by atoms with Gasteiger partial charge in [-0.1, -0.05) is 0 Å². The highest BCUT2D eigenvalue weighted by Gasteiger charge is 2.27. The van der Waals surface area contributed by atoms with E-state index in [1.165, 1.54) is 25.4 Å². The zero-order valence-electron chi connectivity index (χ0n) is 15.4. The van der Waals surface area contributed by atoms with E-state index >= 15 is 0 Å². The van der Waals surface area contributed by atoms with Crippen molar-refractivity contribution in [2.24, 2.45) is 0 Å². The summed E-state index contributed by atoms with van der Waals surface area (Å²) in [6.07, 6.45) is 2.58. The van der Waals surface area contributed by atoms with Gasteiger partial charge < -0.3 is 14.5 Å². The maximum absolute atomic E-state index is 12.7. The number of aromatic nitrogens is 3. The molecule has 27 heavy (non-hydrogen) atoms. The van der Waals surface area contributed by atoms with Gasteiger partial charge in [0.05, 0.1) is 30.5 Å². The number of fused-ring (bicyclic) bond motifs is 1. The third kappa shape index (κ3) is 3.63. The number of carbonyl (C=O) groups is 3. The lowest BCUT2D eigenvalue weighted by atomic mass is 10.1. The number of esters is 2. The monoisotopic (exact) mass is 389 g/mol. The molecule has 1 unspecified atom stereocenters. The molecular weight excluding hydrogens is 370 g/mol. The van der Waals surface area contributed by atoms with Crippen molar-refractivity contribution < 1.29 is 23.9 Å². The fourth-order valence-electron chi connectivity index (χ4n) is 2.91. The summed E-state index contributed by atoms with van der Waals surface area (Å²) < 4.78 is 11.8. The lowest BCUT2D eigenvalue weighted by Crippen LogP contribution is -2.26.